The molecule has 0 amide bonds. The number of primary sulfonamides is 1. The molecule has 4 rings (SSSR count). The molecule has 140 valence electrons. The van der Waals surface area contributed by atoms with Crippen molar-refractivity contribution < 1.29 is 12.9 Å². The van der Waals surface area contributed by atoms with Gasteiger partial charge in [0.05, 0.1) is 16.2 Å². The van der Waals surface area contributed by atoms with Gasteiger partial charge in [-0.2, -0.15) is 0 Å². The molecule has 0 spiro atoms. The molecule has 0 atom stereocenters. The summed E-state index contributed by atoms with van der Waals surface area (Å²) in [5.74, 6) is 0.516. The molecule has 28 heavy (non-hydrogen) atoms. The Hall–Kier alpha value is -3.22. The van der Waals surface area contributed by atoms with Gasteiger partial charge in [-0.3, -0.25) is 0 Å². The fourth-order valence-corrected chi connectivity index (χ4v) is 3.96. The summed E-state index contributed by atoms with van der Waals surface area (Å²) in [5, 5.41) is 9.75. The Bertz CT molecular complexity index is 1200. The zero-order chi connectivity index (χ0) is 19.6. The second-order valence-electron chi connectivity index (χ2n) is 6.40. The molecule has 0 unspecified atom stereocenters. The minimum atomic E-state index is -3.92. The zero-order valence-electron chi connectivity index (χ0n) is 14.9. The van der Waals surface area contributed by atoms with E-state index in [0.717, 1.165) is 11.1 Å². The van der Waals surface area contributed by atoms with Gasteiger partial charge in [-0.25, -0.2) is 13.6 Å². The Morgan fingerprint density at radius 2 is 1.43 bits per heavy atom. The van der Waals surface area contributed by atoms with Crippen molar-refractivity contribution in [3.8, 4) is 22.5 Å². The smallest absolute Gasteiger partial charge is 0.238 e. The van der Waals surface area contributed by atoms with E-state index in [-0.39, 0.29) is 4.90 Å². The van der Waals surface area contributed by atoms with E-state index in [1.54, 1.807) is 18.2 Å². The van der Waals surface area contributed by atoms with Gasteiger partial charge in [0.15, 0.2) is 5.76 Å². The third-order valence-corrected chi connectivity index (χ3v) is 5.45. The summed E-state index contributed by atoms with van der Waals surface area (Å²) in [5.41, 5.74) is 3.63. The first kappa shape index (κ1) is 18.2. The second-order valence-corrected chi connectivity index (χ2v) is 7.93. The fourth-order valence-electron chi connectivity index (χ4n) is 3.22. The topological polar surface area (TPSA) is 86.2 Å². The van der Waals surface area contributed by atoms with Crippen molar-refractivity contribution >= 4 is 10.0 Å². The summed E-state index contributed by atoms with van der Waals surface area (Å²) in [7, 11) is -3.92. The lowest BCUT2D eigenvalue weighted by molar-refractivity contribution is 0.425. The van der Waals surface area contributed by atoms with Gasteiger partial charge in [0, 0.05) is 17.5 Å². The number of nitrogens with two attached hydrogens (primary N) is 1. The maximum absolute atomic E-state index is 12.2. The molecule has 1 aromatic heterocycles. The first-order chi connectivity index (χ1) is 13.5. The van der Waals surface area contributed by atoms with E-state index in [2.05, 4.69) is 5.16 Å². The number of sulfonamides is 1. The van der Waals surface area contributed by atoms with Gasteiger partial charge in [-0.1, -0.05) is 84.0 Å². The third kappa shape index (κ3) is 3.60. The molecule has 0 aliphatic rings. The molecule has 0 aliphatic heterocycles. The standard InChI is InChI=1S/C22H18N2O3S/c23-28(25,26)20-14-8-7-13-18(20)21-19(15-16-9-3-1-4-10-16)24-27-22(21)17-11-5-2-6-12-17/h1-14H,15H2,(H2,23,25,26). The molecule has 0 saturated carbocycles. The van der Waals surface area contributed by atoms with E-state index in [0.29, 0.717) is 29.0 Å². The van der Waals surface area contributed by atoms with Crippen LogP contribution in [0.1, 0.15) is 11.3 Å². The van der Waals surface area contributed by atoms with Gasteiger partial charge in [0.25, 0.3) is 0 Å². The van der Waals surface area contributed by atoms with Gasteiger partial charge in [0.2, 0.25) is 10.0 Å². The van der Waals surface area contributed by atoms with Crippen LogP contribution in [-0.2, 0) is 16.4 Å². The lowest BCUT2D eigenvalue weighted by Crippen LogP contribution is -2.13. The van der Waals surface area contributed by atoms with Gasteiger partial charge in [-0.05, 0) is 11.6 Å². The monoisotopic (exact) mass is 390 g/mol. The van der Waals surface area contributed by atoms with Crippen LogP contribution in [0.4, 0.5) is 0 Å². The van der Waals surface area contributed by atoms with Crippen molar-refractivity contribution in [2.24, 2.45) is 5.14 Å². The molecule has 0 fully saturated rings. The molecular formula is C22H18N2O3S. The van der Waals surface area contributed by atoms with Crippen molar-refractivity contribution in [3.05, 3.63) is 96.2 Å². The van der Waals surface area contributed by atoms with Crippen LogP contribution >= 0.6 is 0 Å². The predicted octanol–water partition coefficient (Wildman–Crippen LogP) is 4.25. The SMILES string of the molecule is NS(=O)(=O)c1ccccc1-c1c(Cc2ccccc2)noc1-c1ccccc1. The highest BCUT2D eigenvalue weighted by atomic mass is 32.2. The Balaban J connectivity index is 1.95. The minimum Gasteiger partial charge on any atom is -0.355 e. The maximum atomic E-state index is 12.2. The van der Waals surface area contributed by atoms with E-state index in [1.165, 1.54) is 6.07 Å². The Labute approximate surface area is 163 Å². The largest absolute Gasteiger partial charge is 0.355 e. The number of benzene rings is 3. The molecule has 0 aliphatic carbocycles. The van der Waals surface area contributed by atoms with Crippen molar-refractivity contribution in [2.75, 3.05) is 0 Å². The van der Waals surface area contributed by atoms with E-state index in [1.807, 2.05) is 60.7 Å². The number of rotatable bonds is 5. The summed E-state index contributed by atoms with van der Waals surface area (Å²) in [4.78, 5) is 0.0460. The maximum Gasteiger partial charge on any atom is 0.238 e. The van der Waals surface area contributed by atoms with Crippen LogP contribution in [0.3, 0.4) is 0 Å². The summed E-state index contributed by atoms with van der Waals surface area (Å²) < 4.78 is 30.1. The van der Waals surface area contributed by atoms with Gasteiger partial charge >= 0.3 is 0 Å². The number of hydrogen-bond donors (Lipinski definition) is 1. The molecule has 0 saturated heterocycles. The van der Waals surface area contributed by atoms with Gasteiger partial charge in [-0.15, -0.1) is 0 Å². The zero-order valence-corrected chi connectivity index (χ0v) is 15.8. The summed E-state index contributed by atoms with van der Waals surface area (Å²) in [6.45, 7) is 0. The lowest BCUT2D eigenvalue weighted by Gasteiger charge is -2.10. The minimum absolute atomic E-state index is 0.0460. The third-order valence-electron chi connectivity index (χ3n) is 4.48. The molecule has 6 heteroatoms. The highest BCUT2D eigenvalue weighted by Crippen LogP contribution is 2.38. The van der Waals surface area contributed by atoms with Crippen molar-refractivity contribution in [3.63, 3.8) is 0 Å². The van der Waals surface area contributed by atoms with Gasteiger partial charge in [0.1, 0.15) is 0 Å². The molecule has 5 nitrogen and oxygen atoms in total. The highest BCUT2D eigenvalue weighted by molar-refractivity contribution is 7.89. The van der Waals surface area contributed by atoms with Crippen molar-refractivity contribution in [1.29, 1.82) is 0 Å². The van der Waals surface area contributed by atoms with Crippen LogP contribution in [0.5, 0.6) is 0 Å². The summed E-state index contributed by atoms with van der Waals surface area (Å²) in [6, 6.07) is 26.0. The van der Waals surface area contributed by atoms with Crippen LogP contribution in [0, 0.1) is 0 Å². The molecule has 0 bridgehead atoms. The quantitative estimate of drug-likeness (QED) is 0.552. The van der Waals surface area contributed by atoms with Crippen LogP contribution < -0.4 is 5.14 Å². The molecule has 4 aromatic rings. The first-order valence-corrected chi connectivity index (χ1v) is 10.3. The van der Waals surface area contributed by atoms with Crippen molar-refractivity contribution in [2.45, 2.75) is 11.3 Å². The first-order valence-electron chi connectivity index (χ1n) is 8.74. The summed E-state index contributed by atoms with van der Waals surface area (Å²) >= 11 is 0. The number of nitrogens with zero attached hydrogens (tertiary/aromatic N) is 1. The summed E-state index contributed by atoms with van der Waals surface area (Å²) in [6.07, 6.45) is 0.505. The van der Waals surface area contributed by atoms with Crippen LogP contribution in [0.25, 0.3) is 22.5 Å². The average Bonchev–Trinajstić information content (AvgIpc) is 3.12. The van der Waals surface area contributed by atoms with Crippen molar-refractivity contribution in [1.82, 2.24) is 5.16 Å². The van der Waals surface area contributed by atoms with Crippen LogP contribution in [0.2, 0.25) is 0 Å². The van der Waals surface area contributed by atoms with Crippen LogP contribution in [0.15, 0.2) is 94.3 Å². The molecule has 3 aromatic carbocycles. The predicted molar refractivity (Wildman–Crippen MR) is 108 cm³/mol. The van der Waals surface area contributed by atoms with E-state index in [4.69, 9.17) is 9.66 Å². The number of hydrogen-bond acceptors (Lipinski definition) is 4. The normalized spacial score (nSPS) is 11.5. The van der Waals surface area contributed by atoms with E-state index >= 15 is 0 Å². The molecule has 1 heterocycles. The Morgan fingerprint density at radius 1 is 0.821 bits per heavy atom. The number of aromatic nitrogens is 1. The van der Waals surface area contributed by atoms with Gasteiger partial charge < -0.3 is 4.52 Å². The molecule has 2 N–H and O–H groups in total. The molecular weight excluding hydrogens is 372 g/mol. The average molecular weight is 390 g/mol. The molecule has 0 radical (unpaired) electrons. The fraction of sp³-hybridized carbons (Fsp3) is 0.0455. The highest BCUT2D eigenvalue weighted by Gasteiger charge is 2.24. The van der Waals surface area contributed by atoms with E-state index in [9.17, 15) is 8.42 Å². The second kappa shape index (κ2) is 7.42. The Morgan fingerprint density at radius 3 is 2.11 bits per heavy atom. The Kier molecular flexibility index (Phi) is 4.81. The van der Waals surface area contributed by atoms with E-state index < -0.39 is 10.0 Å². The lowest BCUT2D eigenvalue weighted by atomic mass is 9.96. The van der Waals surface area contributed by atoms with Crippen LogP contribution in [-0.4, -0.2) is 13.6 Å².